The van der Waals surface area contributed by atoms with Crippen molar-refractivity contribution < 1.29 is 0 Å². The predicted octanol–water partition coefficient (Wildman–Crippen LogP) is 5.67. The first-order valence-electron chi connectivity index (χ1n) is 8.65. The van der Waals surface area contributed by atoms with Gasteiger partial charge >= 0.3 is 0 Å². The fraction of sp³-hybridized carbons (Fsp3) is 1.00. The van der Waals surface area contributed by atoms with Crippen LogP contribution in [0.4, 0.5) is 0 Å². The lowest BCUT2D eigenvalue weighted by Gasteiger charge is -2.62. The van der Waals surface area contributed by atoms with Crippen LogP contribution in [-0.4, -0.2) is 0 Å². The molecule has 0 aliphatic heterocycles. The van der Waals surface area contributed by atoms with E-state index in [9.17, 15) is 0 Å². The molecule has 3 saturated carbocycles. The van der Waals surface area contributed by atoms with Gasteiger partial charge in [-0.2, -0.15) is 0 Å². The van der Waals surface area contributed by atoms with Crippen LogP contribution in [0.25, 0.3) is 0 Å². The molecule has 3 aliphatic carbocycles. The van der Waals surface area contributed by atoms with Crippen LogP contribution in [0.3, 0.4) is 0 Å². The molecule has 0 aromatic carbocycles. The number of hydrogen-bond donors (Lipinski definition) is 0. The molecule has 0 aromatic heterocycles. The summed E-state index contributed by atoms with van der Waals surface area (Å²) in [6.45, 7) is 7.51. The Labute approximate surface area is 114 Å². The van der Waals surface area contributed by atoms with Gasteiger partial charge in [-0.1, -0.05) is 46.5 Å². The summed E-state index contributed by atoms with van der Waals surface area (Å²) in [5, 5.41) is 0. The fourth-order valence-electron chi connectivity index (χ4n) is 6.37. The maximum Gasteiger partial charge on any atom is -0.0233 e. The molecule has 3 aliphatic rings. The molecule has 0 N–H and O–H groups in total. The molecule has 104 valence electrons. The molecule has 0 aromatic rings. The molecule has 0 amide bonds. The van der Waals surface area contributed by atoms with Crippen molar-refractivity contribution in [1.29, 1.82) is 0 Å². The monoisotopic (exact) mass is 248 g/mol. The minimum atomic E-state index is 0.796. The number of fused-ring (bicyclic) bond motifs is 2. The minimum Gasteiger partial charge on any atom is -0.0651 e. The highest BCUT2D eigenvalue weighted by atomic mass is 14.6. The topological polar surface area (TPSA) is 0 Å². The summed E-state index contributed by atoms with van der Waals surface area (Å²) in [7, 11) is 0. The Morgan fingerprint density at radius 3 is 2.44 bits per heavy atom. The van der Waals surface area contributed by atoms with Gasteiger partial charge in [0.05, 0.1) is 0 Å². The number of hydrogen-bond acceptors (Lipinski definition) is 0. The maximum atomic E-state index is 2.53. The summed E-state index contributed by atoms with van der Waals surface area (Å²) in [5.41, 5.74) is 0.796. The van der Waals surface area contributed by atoms with Crippen LogP contribution < -0.4 is 0 Å². The van der Waals surface area contributed by atoms with Crippen LogP contribution in [-0.2, 0) is 0 Å². The van der Waals surface area contributed by atoms with Gasteiger partial charge in [-0.05, 0) is 67.1 Å². The minimum absolute atomic E-state index is 0.796. The third-order valence-corrected chi connectivity index (χ3v) is 6.82. The normalized spacial score (nSPS) is 52.5. The van der Waals surface area contributed by atoms with Crippen molar-refractivity contribution in [3.63, 3.8) is 0 Å². The predicted molar refractivity (Wildman–Crippen MR) is 78.5 cm³/mol. The van der Waals surface area contributed by atoms with E-state index in [4.69, 9.17) is 0 Å². The molecule has 0 nitrogen and oxygen atoms in total. The van der Waals surface area contributed by atoms with Gasteiger partial charge in [0, 0.05) is 0 Å². The van der Waals surface area contributed by atoms with Crippen LogP contribution in [0.5, 0.6) is 0 Å². The highest BCUT2D eigenvalue weighted by molar-refractivity contribution is 5.07. The van der Waals surface area contributed by atoms with E-state index in [-0.39, 0.29) is 0 Å². The molecule has 0 radical (unpaired) electrons. The highest BCUT2D eigenvalue weighted by Crippen LogP contribution is 2.66. The summed E-state index contributed by atoms with van der Waals surface area (Å²) >= 11 is 0. The van der Waals surface area contributed by atoms with Gasteiger partial charge in [0.1, 0.15) is 0 Å². The van der Waals surface area contributed by atoms with Crippen LogP contribution in [0.1, 0.15) is 78.6 Å². The van der Waals surface area contributed by atoms with Gasteiger partial charge in [0.15, 0.2) is 0 Å². The Bertz CT molecular complexity index is 294. The van der Waals surface area contributed by atoms with Crippen molar-refractivity contribution >= 4 is 0 Å². The lowest BCUT2D eigenvalue weighted by Crippen LogP contribution is -2.53. The summed E-state index contributed by atoms with van der Waals surface area (Å²) < 4.78 is 0. The van der Waals surface area contributed by atoms with E-state index < -0.39 is 0 Å². The van der Waals surface area contributed by atoms with Gasteiger partial charge < -0.3 is 0 Å². The Balaban J connectivity index is 1.83. The first-order chi connectivity index (χ1) is 8.65. The molecular weight excluding hydrogens is 216 g/mol. The highest BCUT2D eigenvalue weighted by Gasteiger charge is 2.57. The fourth-order valence-corrected chi connectivity index (χ4v) is 6.37. The van der Waals surface area contributed by atoms with Gasteiger partial charge in [0.2, 0.25) is 0 Å². The number of rotatable bonds is 1. The van der Waals surface area contributed by atoms with E-state index in [0.29, 0.717) is 0 Å². The first-order valence-corrected chi connectivity index (χ1v) is 8.65. The second-order valence-corrected chi connectivity index (χ2v) is 8.08. The smallest absolute Gasteiger partial charge is 0.0233 e. The molecular formula is C18H32. The van der Waals surface area contributed by atoms with E-state index in [1.165, 1.54) is 32.1 Å². The lowest BCUT2D eigenvalue weighted by atomic mass is 9.43. The zero-order valence-corrected chi connectivity index (χ0v) is 12.8. The quantitative estimate of drug-likeness (QED) is 0.561. The lowest BCUT2D eigenvalue weighted by molar-refractivity contribution is -0.125. The maximum absolute atomic E-state index is 2.53. The zero-order chi connectivity index (χ0) is 12.8. The van der Waals surface area contributed by atoms with Crippen molar-refractivity contribution in [3.8, 4) is 0 Å². The Morgan fingerprint density at radius 1 is 0.944 bits per heavy atom. The molecule has 6 atom stereocenters. The summed E-state index contributed by atoms with van der Waals surface area (Å²) in [6.07, 6.45) is 13.8. The second-order valence-electron chi connectivity index (χ2n) is 8.08. The van der Waals surface area contributed by atoms with E-state index >= 15 is 0 Å². The van der Waals surface area contributed by atoms with Crippen LogP contribution in [0.15, 0.2) is 0 Å². The molecule has 0 heteroatoms. The molecule has 3 rings (SSSR count). The molecule has 6 unspecified atom stereocenters. The van der Waals surface area contributed by atoms with E-state index in [1.807, 2.05) is 0 Å². The Kier molecular flexibility index (Phi) is 3.49. The van der Waals surface area contributed by atoms with E-state index in [1.54, 1.807) is 25.7 Å². The van der Waals surface area contributed by atoms with Gasteiger partial charge in [-0.3, -0.25) is 0 Å². The summed E-state index contributed by atoms with van der Waals surface area (Å²) in [5.74, 6) is 5.28. The zero-order valence-electron chi connectivity index (χ0n) is 12.8. The summed E-state index contributed by atoms with van der Waals surface area (Å²) in [4.78, 5) is 0. The van der Waals surface area contributed by atoms with Crippen molar-refractivity contribution in [1.82, 2.24) is 0 Å². The molecule has 0 heterocycles. The molecule has 3 fully saturated rings. The SMILES string of the molecule is CCC1CC(C)CC(C)CC12CC1CCCCC12. The molecule has 18 heavy (non-hydrogen) atoms. The van der Waals surface area contributed by atoms with Crippen molar-refractivity contribution in [2.45, 2.75) is 78.6 Å². The van der Waals surface area contributed by atoms with Gasteiger partial charge in [0.25, 0.3) is 0 Å². The van der Waals surface area contributed by atoms with Gasteiger partial charge in [-0.25, -0.2) is 0 Å². The molecule has 0 saturated heterocycles. The van der Waals surface area contributed by atoms with Crippen molar-refractivity contribution in [2.24, 2.45) is 35.0 Å². The largest absolute Gasteiger partial charge is 0.0651 e. The third kappa shape index (κ3) is 1.95. The molecule has 1 spiro atoms. The van der Waals surface area contributed by atoms with E-state index in [2.05, 4.69) is 20.8 Å². The first kappa shape index (κ1) is 13.0. The summed E-state index contributed by atoms with van der Waals surface area (Å²) in [6, 6.07) is 0. The van der Waals surface area contributed by atoms with Crippen LogP contribution >= 0.6 is 0 Å². The van der Waals surface area contributed by atoms with Gasteiger partial charge in [-0.15, -0.1) is 0 Å². The van der Waals surface area contributed by atoms with E-state index in [0.717, 1.165) is 35.0 Å². The third-order valence-electron chi connectivity index (χ3n) is 6.82. The standard InChI is InChI=1S/C18H32/c1-4-16-10-13(2)9-14(3)11-18(16)12-15-7-5-6-8-17(15)18/h13-17H,4-12H2,1-3H3. The Morgan fingerprint density at radius 2 is 1.72 bits per heavy atom. The Hall–Kier alpha value is 0. The average Bonchev–Trinajstić information content (AvgIpc) is 2.45. The van der Waals surface area contributed by atoms with Crippen molar-refractivity contribution in [3.05, 3.63) is 0 Å². The van der Waals surface area contributed by atoms with Crippen LogP contribution in [0.2, 0.25) is 0 Å². The average molecular weight is 248 g/mol. The van der Waals surface area contributed by atoms with Crippen molar-refractivity contribution in [2.75, 3.05) is 0 Å². The second kappa shape index (κ2) is 4.84. The molecule has 0 bridgehead atoms. The van der Waals surface area contributed by atoms with Crippen LogP contribution in [0, 0.1) is 35.0 Å².